The van der Waals surface area contributed by atoms with Gasteiger partial charge >= 0.3 is 6.18 Å². The lowest BCUT2D eigenvalue weighted by atomic mass is 9.99. The standard InChI is InChI=1S/C24H18ClF3N2O/c25-22-8-7-17(13-21(22)24(26,27)28)12-19(31)11-16-5-3-15(4-6-16)10-18-14-30-23-20(18)2-1-9-29-23/h1-9,13-14H,10-12H2,(H,29,30). The molecule has 0 saturated carbocycles. The molecule has 0 amide bonds. The van der Waals surface area contributed by atoms with Gasteiger partial charge in [0.15, 0.2) is 0 Å². The van der Waals surface area contributed by atoms with Gasteiger partial charge in [0.05, 0.1) is 10.6 Å². The van der Waals surface area contributed by atoms with Crippen molar-refractivity contribution in [2.24, 2.45) is 0 Å². The van der Waals surface area contributed by atoms with Crippen LogP contribution in [0.4, 0.5) is 13.2 Å². The van der Waals surface area contributed by atoms with Crippen molar-refractivity contribution >= 4 is 28.4 Å². The second-order valence-corrected chi connectivity index (χ2v) is 7.82. The van der Waals surface area contributed by atoms with Crippen LogP contribution in [0.25, 0.3) is 11.0 Å². The van der Waals surface area contributed by atoms with E-state index in [1.165, 1.54) is 12.1 Å². The molecule has 1 N–H and O–H groups in total. The van der Waals surface area contributed by atoms with Crippen molar-refractivity contribution in [1.29, 1.82) is 0 Å². The number of benzene rings is 2. The summed E-state index contributed by atoms with van der Waals surface area (Å²) in [6.45, 7) is 0. The minimum absolute atomic E-state index is 0.0790. The number of hydrogen-bond acceptors (Lipinski definition) is 2. The summed E-state index contributed by atoms with van der Waals surface area (Å²) in [5.74, 6) is -0.161. The van der Waals surface area contributed by atoms with Crippen LogP contribution in [-0.4, -0.2) is 15.8 Å². The Hall–Kier alpha value is -3.12. The number of carbonyl (C=O) groups is 1. The number of nitrogens with one attached hydrogen (secondary N) is 1. The minimum Gasteiger partial charge on any atom is -0.346 e. The van der Waals surface area contributed by atoms with Gasteiger partial charge in [-0.05, 0) is 52.9 Å². The van der Waals surface area contributed by atoms with Crippen LogP contribution in [0.1, 0.15) is 27.8 Å². The highest BCUT2D eigenvalue weighted by Gasteiger charge is 2.33. The average Bonchev–Trinajstić information content (AvgIpc) is 3.13. The van der Waals surface area contributed by atoms with Crippen molar-refractivity contribution < 1.29 is 18.0 Å². The lowest BCUT2D eigenvalue weighted by molar-refractivity contribution is -0.137. The Balaban J connectivity index is 1.40. The number of ketones is 1. The fourth-order valence-electron chi connectivity index (χ4n) is 3.57. The van der Waals surface area contributed by atoms with Gasteiger partial charge in [0, 0.05) is 30.6 Å². The normalized spacial score (nSPS) is 11.7. The van der Waals surface area contributed by atoms with Crippen LogP contribution < -0.4 is 0 Å². The van der Waals surface area contributed by atoms with Crippen LogP contribution in [0.5, 0.6) is 0 Å². The summed E-state index contributed by atoms with van der Waals surface area (Å²) < 4.78 is 39.0. The van der Waals surface area contributed by atoms with E-state index in [4.69, 9.17) is 11.6 Å². The number of nitrogens with zero attached hydrogens (tertiary/aromatic N) is 1. The van der Waals surface area contributed by atoms with Crippen molar-refractivity contribution in [3.63, 3.8) is 0 Å². The van der Waals surface area contributed by atoms with Crippen molar-refractivity contribution in [2.75, 3.05) is 0 Å². The van der Waals surface area contributed by atoms with Crippen LogP contribution >= 0.6 is 11.6 Å². The average molecular weight is 443 g/mol. The summed E-state index contributed by atoms with van der Waals surface area (Å²) in [6.07, 6.45) is -0.0673. The summed E-state index contributed by atoms with van der Waals surface area (Å²) in [5.41, 5.74) is 3.26. The quantitative estimate of drug-likeness (QED) is 0.387. The second-order valence-electron chi connectivity index (χ2n) is 7.41. The lowest BCUT2D eigenvalue weighted by Crippen LogP contribution is -2.10. The molecule has 0 bridgehead atoms. The Morgan fingerprint density at radius 2 is 1.65 bits per heavy atom. The first-order valence-electron chi connectivity index (χ1n) is 9.66. The Morgan fingerprint density at radius 1 is 0.968 bits per heavy atom. The second kappa shape index (κ2) is 8.55. The maximum absolute atomic E-state index is 13.0. The molecule has 3 nitrogen and oxygen atoms in total. The number of Topliss-reactive ketones (excluding diaryl/α,β-unsaturated/α-hetero) is 1. The third kappa shape index (κ3) is 4.97. The van der Waals surface area contributed by atoms with Gasteiger partial charge in [-0.3, -0.25) is 4.79 Å². The maximum Gasteiger partial charge on any atom is 0.417 e. The fourth-order valence-corrected chi connectivity index (χ4v) is 3.80. The van der Waals surface area contributed by atoms with Gasteiger partial charge in [0.2, 0.25) is 0 Å². The Labute approximate surface area is 181 Å². The highest BCUT2D eigenvalue weighted by atomic mass is 35.5. The Morgan fingerprint density at radius 3 is 2.39 bits per heavy atom. The third-order valence-corrected chi connectivity index (χ3v) is 5.42. The number of fused-ring (bicyclic) bond motifs is 1. The smallest absolute Gasteiger partial charge is 0.346 e. The molecule has 0 fully saturated rings. The molecule has 2 aromatic heterocycles. The molecule has 0 radical (unpaired) electrons. The van der Waals surface area contributed by atoms with Gasteiger partial charge < -0.3 is 4.98 Å². The van der Waals surface area contributed by atoms with E-state index >= 15 is 0 Å². The van der Waals surface area contributed by atoms with Crippen LogP contribution in [0, 0.1) is 0 Å². The van der Waals surface area contributed by atoms with E-state index in [0.29, 0.717) is 5.56 Å². The highest BCUT2D eigenvalue weighted by molar-refractivity contribution is 6.31. The zero-order valence-corrected chi connectivity index (χ0v) is 17.1. The zero-order chi connectivity index (χ0) is 22.0. The topological polar surface area (TPSA) is 45.8 Å². The molecule has 0 aliphatic carbocycles. The van der Waals surface area contributed by atoms with Crippen LogP contribution in [0.3, 0.4) is 0 Å². The predicted molar refractivity (Wildman–Crippen MR) is 114 cm³/mol. The number of aromatic nitrogens is 2. The molecule has 4 aromatic rings. The largest absolute Gasteiger partial charge is 0.417 e. The Kier molecular flexibility index (Phi) is 5.83. The van der Waals surface area contributed by atoms with Crippen LogP contribution in [-0.2, 0) is 30.2 Å². The Bertz CT molecular complexity index is 1230. The van der Waals surface area contributed by atoms with E-state index in [1.807, 2.05) is 42.6 Å². The zero-order valence-electron chi connectivity index (χ0n) is 16.3. The van der Waals surface area contributed by atoms with E-state index in [2.05, 4.69) is 9.97 Å². The molecule has 0 atom stereocenters. The van der Waals surface area contributed by atoms with Crippen molar-refractivity contribution in [1.82, 2.24) is 9.97 Å². The first-order chi connectivity index (χ1) is 14.8. The van der Waals surface area contributed by atoms with Gasteiger partial charge in [-0.1, -0.05) is 41.9 Å². The van der Waals surface area contributed by atoms with Gasteiger partial charge in [-0.2, -0.15) is 13.2 Å². The monoisotopic (exact) mass is 442 g/mol. The molecule has 0 saturated heterocycles. The van der Waals surface area contributed by atoms with Gasteiger partial charge in [-0.15, -0.1) is 0 Å². The highest BCUT2D eigenvalue weighted by Crippen LogP contribution is 2.35. The summed E-state index contributed by atoms with van der Waals surface area (Å²) in [5, 5.41) is 0.702. The van der Waals surface area contributed by atoms with E-state index in [1.54, 1.807) is 6.20 Å². The number of halogens is 4. The fraction of sp³-hybridized carbons (Fsp3) is 0.167. The summed E-state index contributed by atoms with van der Waals surface area (Å²) in [7, 11) is 0. The number of aromatic amines is 1. The van der Waals surface area contributed by atoms with E-state index in [0.717, 1.165) is 40.2 Å². The van der Waals surface area contributed by atoms with E-state index in [9.17, 15) is 18.0 Å². The van der Waals surface area contributed by atoms with E-state index in [-0.39, 0.29) is 23.6 Å². The molecule has 0 aliphatic rings. The lowest BCUT2D eigenvalue weighted by Gasteiger charge is -2.11. The molecule has 0 aliphatic heterocycles. The molecule has 0 spiro atoms. The molecule has 7 heteroatoms. The van der Waals surface area contributed by atoms with Crippen LogP contribution in [0.2, 0.25) is 5.02 Å². The molecular formula is C24H18ClF3N2O. The third-order valence-electron chi connectivity index (χ3n) is 5.09. The summed E-state index contributed by atoms with van der Waals surface area (Å²) >= 11 is 5.63. The first-order valence-corrected chi connectivity index (χ1v) is 10.0. The predicted octanol–water partition coefficient (Wildman–Crippen LogP) is 6.18. The number of carbonyl (C=O) groups excluding carboxylic acids is 1. The molecule has 2 aromatic carbocycles. The number of alkyl halides is 3. The molecular weight excluding hydrogens is 425 g/mol. The van der Waals surface area contributed by atoms with Crippen molar-refractivity contribution in [3.05, 3.63) is 99.8 Å². The van der Waals surface area contributed by atoms with Crippen LogP contribution in [0.15, 0.2) is 67.0 Å². The van der Waals surface area contributed by atoms with Gasteiger partial charge in [0.1, 0.15) is 11.4 Å². The van der Waals surface area contributed by atoms with E-state index < -0.39 is 11.7 Å². The maximum atomic E-state index is 13.0. The summed E-state index contributed by atoms with van der Waals surface area (Å²) in [6, 6.07) is 15.2. The number of rotatable bonds is 6. The number of pyridine rings is 1. The number of H-pyrrole nitrogens is 1. The minimum atomic E-state index is -4.55. The number of hydrogen-bond donors (Lipinski definition) is 1. The molecule has 31 heavy (non-hydrogen) atoms. The SMILES string of the molecule is O=C(Cc1ccc(Cc2c[nH]c3ncccc23)cc1)Cc1ccc(Cl)c(C(F)(F)F)c1. The van der Waals surface area contributed by atoms with Gasteiger partial charge in [0.25, 0.3) is 0 Å². The molecule has 158 valence electrons. The summed E-state index contributed by atoms with van der Waals surface area (Å²) in [4.78, 5) is 19.8. The molecule has 2 heterocycles. The first kappa shape index (κ1) is 21.1. The molecule has 0 unspecified atom stereocenters. The molecule has 4 rings (SSSR count). The van der Waals surface area contributed by atoms with Gasteiger partial charge in [-0.25, -0.2) is 4.98 Å². The van der Waals surface area contributed by atoms with Crippen molar-refractivity contribution in [2.45, 2.75) is 25.4 Å². The van der Waals surface area contributed by atoms with Crippen molar-refractivity contribution in [3.8, 4) is 0 Å².